The fourth-order valence-corrected chi connectivity index (χ4v) is 4.95. The molecular formula is C24H16Cl2FNO3S2. The van der Waals surface area contributed by atoms with Gasteiger partial charge in [0.2, 0.25) is 0 Å². The second kappa shape index (κ2) is 10.1. The van der Waals surface area contributed by atoms with E-state index in [9.17, 15) is 9.18 Å². The van der Waals surface area contributed by atoms with E-state index in [1.54, 1.807) is 48.5 Å². The molecule has 0 saturated carbocycles. The number of thiocarbonyl (C=S) groups is 1. The van der Waals surface area contributed by atoms with Crippen molar-refractivity contribution in [2.24, 2.45) is 0 Å². The van der Waals surface area contributed by atoms with E-state index >= 15 is 0 Å². The molecule has 0 atom stereocenters. The van der Waals surface area contributed by atoms with Gasteiger partial charge in [-0.1, -0.05) is 71.4 Å². The number of nitrogens with zero attached hydrogens (tertiary/aromatic N) is 1. The van der Waals surface area contributed by atoms with Crippen molar-refractivity contribution in [2.75, 3.05) is 12.0 Å². The molecular weight excluding hydrogens is 504 g/mol. The van der Waals surface area contributed by atoms with Crippen molar-refractivity contribution >= 4 is 69.2 Å². The van der Waals surface area contributed by atoms with Crippen LogP contribution in [0.5, 0.6) is 11.5 Å². The molecule has 1 saturated heterocycles. The van der Waals surface area contributed by atoms with Gasteiger partial charge in [0.15, 0.2) is 15.8 Å². The van der Waals surface area contributed by atoms with Gasteiger partial charge in [0.1, 0.15) is 12.4 Å². The Kier molecular flexibility index (Phi) is 7.24. The summed E-state index contributed by atoms with van der Waals surface area (Å²) in [4.78, 5) is 14.8. The van der Waals surface area contributed by atoms with E-state index < -0.39 is 5.82 Å². The zero-order valence-electron chi connectivity index (χ0n) is 17.2. The Labute approximate surface area is 209 Å². The maximum atomic E-state index is 13.7. The van der Waals surface area contributed by atoms with Crippen LogP contribution < -0.4 is 14.4 Å². The fourth-order valence-electron chi connectivity index (χ4n) is 3.20. The molecule has 0 spiro atoms. The number of halogens is 3. The third kappa shape index (κ3) is 5.17. The van der Waals surface area contributed by atoms with Crippen LogP contribution >= 0.6 is 47.2 Å². The Morgan fingerprint density at radius 1 is 1.12 bits per heavy atom. The predicted molar refractivity (Wildman–Crippen MR) is 136 cm³/mol. The standard InChI is InChI=1S/C24H16Cl2FNO3S2/c1-30-20-7-2-4-14(22(20)31-13-15-8-9-16(25)11-19(15)26)10-21-23(29)28(24(32)33-21)18-6-3-5-17(27)12-18/h2-12H,13H2,1H3/b21-10-. The summed E-state index contributed by atoms with van der Waals surface area (Å²) in [5, 5.41) is 1.01. The van der Waals surface area contributed by atoms with Gasteiger partial charge in [0.25, 0.3) is 5.91 Å². The molecule has 0 bridgehead atoms. The van der Waals surface area contributed by atoms with Gasteiger partial charge in [-0.25, -0.2) is 4.39 Å². The number of para-hydroxylation sites is 1. The Morgan fingerprint density at radius 3 is 2.64 bits per heavy atom. The van der Waals surface area contributed by atoms with E-state index in [2.05, 4.69) is 0 Å². The minimum absolute atomic E-state index is 0.168. The lowest BCUT2D eigenvalue weighted by Gasteiger charge is -2.15. The van der Waals surface area contributed by atoms with Gasteiger partial charge in [0, 0.05) is 21.2 Å². The van der Waals surface area contributed by atoms with Gasteiger partial charge in [0.05, 0.1) is 17.7 Å². The quantitative estimate of drug-likeness (QED) is 0.256. The smallest absolute Gasteiger partial charge is 0.270 e. The maximum absolute atomic E-state index is 13.7. The number of ether oxygens (including phenoxy) is 2. The molecule has 0 unspecified atom stereocenters. The first-order valence-corrected chi connectivity index (χ1v) is 11.6. The fraction of sp³-hybridized carbons (Fsp3) is 0.0833. The number of hydrogen-bond acceptors (Lipinski definition) is 5. The Balaban J connectivity index is 1.65. The minimum atomic E-state index is -0.449. The average Bonchev–Trinajstić information content (AvgIpc) is 3.06. The number of hydrogen-bond donors (Lipinski definition) is 0. The third-order valence-electron chi connectivity index (χ3n) is 4.76. The first kappa shape index (κ1) is 23.6. The van der Waals surface area contributed by atoms with Crippen molar-refractivity contribution in [3.63, 3.8) is 0 Å². The van der Waals surface area contributed by atoms with E-state index in [1.165, 1.54) is 30.2 Å². The number of carbonyl (C=O) groups is 1. The van der Waals surface area contributed by atoms with Gasteiger partial charge in [-0.05, 0) is 42.5 Å². The molecule has 0 aliphatic carbocycles. The zero-order valence-corrected chi connectivity index (χ0v) is 20.3. The topological polar surface area (TPSA) is 38.8 Å². The summed E-state index contributed by atoms with van der Waals surface area (Å²) in [6.07, 6.45) is 1.68. The van der Waals surface area contributed by atoms with Crippen LogP contribution in [0.25, 0.3) is 6.08 Å². The summed E-state index contributed by atoms with van der Waals surface area (Å²) in [5.74, 6) is 0.150. The summed E-state index contributed by atoms with van der Waals surface area (Å²) >= 11 is 18.7. The Bertz CT molecular complexity index is 1280. The van der Waals surface area contributed by atoms with E-state index in [0.717, 1.165) is 17.3 Å². The molecule has 1 aliphatic rings. The lowest BCUT2D eigenvalue weighted by molar-refractivity contribution is -0.113. The number of thioether (sulfide) groups is 1. The summed E-state index contributed by atoms with van der Waals surface area (Å²) in [7, 11) is 1.53. The molecule has 4 rings (SSSR count). The normalized spacial score (nSPS) is 14.8. The first-order valence-electron chi connectivity index (χ1n) is 9.64. The maximum Gasteiger partial charge on any atom is 0.270 e. The van der Waals surface area contributed by atoms with Crippen LogP contribution in [0.2, 0.25) is 10.0 Å². The summed E-state index contributed by atoms with van der Waals surface area (Å²) in [6.45, 7) is 0.168. The average molecular weight is 520 g/mol. The monoisotopic (exact) mass is 519 g/mol. The zero-order chi connectivity index (χ0) is 23.5. The molecule has 1 aliphatic heterocycles. The van der Waals surface area contributed by atoms with Crippen LogP contribution in [-0.2, 0) is 11.4 Å². The highest BCUT2D eigenvalue weighted by molar-refractivity contribution is 8.27. The molecule has 0 aromatic heterocycles. The van der Waals surface area contributed by atoms with Crippen molar-refractivity contribution in [3.8, 4) is 11.5 Å². The van der Waals surface area contributed by atoms with Gasteiger partial charge in [-0.2, -0.15) is 0 Å². The molecule has 168 valence electrons. The van der Waals surface area contributed by atoms with Gasteiger partial charge in [-0.3, -0.25) is 9.69 Å². The van der Waals surface area contributed by atoms with Crippen LogP contribution in [0, 0.1) is 5.82 Å². The Morgan fingerprint density at radius 2 is 1.91 bits per heavy atom. The molecule has 4 nitrogen and oxygen atoms in total. The van der Waals surface area contributed by atoms with Crippen molar-refractivity contribution in [2.45, 2.75) is 6.61 Å². The number of benzene rings is 3. The number of methoxy groups -OCH3 is 1. The van der Waals surface area contributed by atoms with Crippen LogP contribution in [0.1, 0.15) is 11.1 Å². The van der Waals surface area contributed by atoms with Crippen LogP contribution in [0.15, 0.2) is 65.6 Å². The highest BCUT2D eigenvalue weighted by Crippen LogP contribution is 2.39. The van der Waals surface area contributed by atoms with Crippen LogP contribution in [-0.4, -0.2) is 17.3 Å². The number of anilines is 1. The van der Waals surface area contributed by atoms with E-state index in [4.69, 9.17) is 44.9 Å². The molecule has 1 amide bonds. The van der Waals surface area contributed by atoms with Crippen molar-refractivity contribution in [3.05, 3.63) is 92.6 Å². The molecule has 0 N–H and O–H groups in total. The van der Waals surface area contributed by atoms with Gasteiger partial charge >= 0.3 is 0 Å². The molecule has 9 heteroatoms. The van der Waals surface area contributed by atoms with Crippen LogP contribution in [0.4, 0.5) is 10.1 Å². The second-order valence-electron chi connectivity index (χ2n) is 6.90. The first-order chi connectivity index (χ1) is 15.9. The third-order valence-corrected chi connectivity index (χ3v) is 6.65. The molecule has 33 heavy (non-hydrogen) atoms. The van der Waals surface area contributed by atoms with Crippen LogP contribution in [0.3, 0.4) is 0 Å². The van der Waals surface area contributed by atoms with Crippen molar-refractivity contribution < 1.29 is 18.7 Å². The lowest BCUT2D eigenvalue weighted by Crippen LogP contribution is -2.27. The largest absolute Gasteiger partial charge is 0.493 e. The highest BCUT2D eigenvalue weighted by Gasteiger charge is 2.33. The van der Waals surface area contributed by atoms with Crippen molar-refractivity contribution in [1.82, 2.24) is 0 Å². The Hall–Kier alpha value is -2.58. The summed E-state index contributed by atoms with van der Waals surface area (Å²) in [6, 6.07) is 16.2. The van der Waals surface area contributed by atoms with Gasteiger partial charge < -0.3 is 9.47 Å². The lowest BCUT2D eigenvalue weighted by atomic mass is 10.1. The summed E-state index contributed by atoms with van der Waals surface area (Å²) < 4.78 is 25.5. The molecule has 1 heterocycles. The number of amides is 1. The van der Waals surface area contributed by atoms with E-state index in [-0.39, 0.29) is 12.5 Å². The molecule has 0 radical (unpaired) electrons. The summed E-state index contributed by atoms with van der Waals surface area (Å²) in [5.41, 5.74) is 1.75. The van der Waals surface area contributed by atoms with Crippen molar-refractivity contribution in [1.29, 1.82) is 0 Å². The molecule has 3 aromatic rings. The van der Waals surface area contributed by atoms with E-state index in [0.29, 0.717) is 42.0 Å². The molecule has 1 fully saturated rings. The molecule has 3 aromatic carbocycles. The minimum Gasteiger partial charge on any atom is -0.493 e. The van der Waals surface area contributed by atoms with Gasteiger partial charge in [-0.15, -0.1) is 0 Å². The highest BCUT2D eigenvalue weighted by atomic mass is 35.5. The number of carbonyl (C=O) groups excluding carboxylic acids is 1. The SMILES string of the molecule is COc1cccc(/C=C2\SC(=S)N(c3cccc(F)c3)C2=O)c1OCc1ccc(Cl)cc1Cl. The second-order valence-corrected chi connectivity index (χ2v) is 9.42. The van der Waals surface area contributed by atoms with E-state index in [1.807, 2.05) is 0 Å². The predicted octanol–water partition coefficient (Wildman–Crippen LogP) is 7.13. The number of rotatable bonds is 6.